The summed E-state index contributed by atoms with van der Waals surface area (Å²) in [5.74, 6) is -4.59. The summed E-state index contributed by atoms with van der Waals surface area (Å²) in [6.45, 7) is 1.24. The molecule has 1 spiro atoms. The molecule has 2 aliphatic heterocycles. The molecule has 0 saturated carbocycles. The number of carbonyl (C=O) groups is 3. The first-order valence-electron chi connectivity index (χ1n) is 22.2. The molecule has 6 rings (SSSR count). The molecule has 20 heteroatoms. The number of alkyl halides is 3. The van der Waals surface area contributed by atoms with E-state index in [4.69, 9.17) is 16.7 Å². The number of carbonyl (C=O) groups excluding carboxylic acids is 3. The third kappa shape index (κ3) is 11.3. The van der Waals surface area contributed by atoms with Crippen LogP contribution in [0.25, 0.3) is 11.0 Å². The fourth-order valence-electron chi connectivity index (χ4n) is 8.84. The number of H-pyrrole nitrogens is 1. The van der Waals surface area contributed by atoms with Crippen molar-refractivity contribution in [1.82, 2.24) is 20.6 Å². The molecule has 0 bridgehead atoms. The summed E-state index contributed by atoms with van der Waals surface area (Å²) in [5.41, 5.74) is -0.619. The molecule has 3 aromatic carbocycles. The highest BCUT2D eigenvalue weighted by Crippen LogP contribution is 2.58. The average Bonchev–Trinajstić information content (AvgIpc) is 3.72. The van der Waals surface area contributed by atoms with Crippen LogP contribution in [0.5, 0.6) is 0 Å². The smallest absolute Gasteiger partial charge is 0.394 e. The van der Waals surface area contributed by atoms with Crippen molar-refractivity contribution in [2.75, 3.05) is 36.0 Å². The van der Waals surface area contributed by atoms with Crippen LogP contribution in [0.3, 0.4) is 0 Å². The first-order valence-corrected chi connectivity index (χ1v) is 22.6. The lowest BCUT2D eigenvalue weighted by Gasteiger charge is -2.59. The molecule has 2 fully saturated rings. The van der Waals surface area contributed by atoms with Crippen molar-refractivity contribution < 1.29 is 61.9 Å². The van der Waals surface area contributed by atoms with Gasteiger partial charge in [-0.25, -0.2) is 13.8 Å². The number of piperidine rings is 1. The Labute approximate surface area is 383 Å². The number of aromatic nitrogens is 2. The van der Waals surface area contributed by atoms with E-state index in [-0.39, 0.29) is 54.0 Å². The Morgan fingerprint density at radius 1 is 0.879 bits per heavy atom. The van der Waals surface area contributed by atoms with Crippen LogP contribution in [-0.4, -0.2) is 104 Å². The number of nitrogens with zero attached hydrogens (tertiary/aromatic N) is 3. The molecule has 0 aliphatic carbocycles. The van der Waals surface area contributed by atoms with Crippen LogP contribution in [0.4, 0.5) is 33.6 Å². The highest BCUT2D eigenvalue weighted by molar-refractivity contribution is 6.31. The first-order chi connectivity index (χ1) is 31.4. The summed E-state index contributed by atoms with van der Waals surface area (Å²) in [6.07, 6.45) is -4.77. The Kier molecular flexibility index (Phi) is 16.7. The van der Waals surface area contributed by atoms with Crippen molar-refractivity contribution in [2.45, 2.75) is 114 Å². The molecule has 2 saturated heterocycles. The minimum absolute atomic E-state index is 0.00442. The van der Waals surface area contributed by atoms with Gasteiger partial charge in [0.2, 0.25) is 23.7 Å². The Hall–Kier alpha value is -4.92. The molecule has 360 valence electrons. The Morgan fingerprint density at radius 3 is 2.15 bits per heavy atom. The van der Waals surface area contributed by atoms with E-state index < -0.39 is 90.1 Å². The zero-order chi connectivity index (χ0) is 47.9. The van der Waals surface area contributed by atoms with Gasteiger partial charge in [-0.1, -0.05) is 87.7 Å². The topological polar surface area (TPSA) is 212 Å². The third-order valence-electron chi connectivity index (χ3n) is 12.7. The quantitative estimate of drug-likeness (QED) is 0.0217. The number of hydrogen-bond acceptors (Lipinski definition) is 10. The SMILES string of the molecule is CCCCCCCCCC(C(=O)NCc1ccc(C2N(c3ccc(F)c(Cl)c3)C(=O)C23CCN(c2nc4cc(F)c(C(F)(F)F)cc4[nH]2)CC3)cc1)C(=O)NC[C@@H](O)[C@H](O)[C@@H](O)[C@@H](O)CO. The van der Waals surface area contributed by atoms with Crippen LogP contribution >= 0.6 is 11.6 Å². The molecule has 1 aromatic heterocycles. The van der Waals surface area contributed by atoms with E-state index in [2.05, 4.69) is 27.5 Å². The summed E-state index contributed by atoms with van der Waals surface area (Å²) in [5, 5.41) is 54.3. The molecular formula is C46H56ClF5N6O8. The van der Waals surface area contributed by atoms with Gasteiger partial charge in [0.25, 0.3) is 0 Å². The molecule has 3 heterocycles. The predicted molar refractivity (Wildman–Crippen MR) is 235 cm³/mol. The number of hydrogen-bond donors (Lipinski definition) is 8. The van der Waals surface area contributed by atoms with Crippen LogP contribution in [0.15, 0.2) is 54.6 Å². The highest BCUT2D eigenvalue weighted by atomic mass is 35.5. The summed E-state index contributed by atoms with van der Waals surface area (Å²) < 4.78 is 68.8. The Balaban J connectivity index is 1.15. The van der Waals surface area contributed by atoms with E-state index in [1.54, 1.807) is 34.1 Å². The van der Waals surface area contributed by atoms with Gasteiger partial charge in [0.15, 0.2) is 0 Å². The van der Waals surface area contributed by atoms with E-state index in [0.717, 1.165) is 50.7 Å². The van der Waals surface area contributed by atoms with E-state index in [1.807, 2.05) is 0 Å². The number of aliphatic hydroxyl groups excluding tert-OH is 5. The zero-order valence-corrected chi connectivity index (χ0v) is 37.1. The number of β-lactam (4-membered cyclic amide) rings is 1. The molecule has 2 aliphatic rings. The number of rotatable bonds is 21. The number of halogens is 6. The summed E-state index contributed by atoms with van der Waals surface area (Å²) in [4.78, 5) is 51.7. The van der Waals surface area contributed by atoms with Crippen molar-refractivity contribution in [3.8, 4) is 0 Å². The fourth-order valence-corrected chi connectivity index (χ4v) is 9.02. The van der Waals surface area contributed by atoms with Gasteiger partial charge < -0.3 is 51.0 Å². The second kappa shape index (κ2) is 21.8. The number of imidazole rings is 1. The largest absolute Gasteiger partial charge is 0.419 e. The number of aromatic amines is 1. The van der Waals surface area contributed by atoms with Gasteiger partial charge in [-0.15, -0.1) is 0 Å². The number of anilines is 2. The summed E-state index contributed by atoms with van der Waals surface area (Å²) in [7, 11) is 0. The number of aliphatic hydroxyl groups is 5. The van der Waals surface area contributed by atoms with Gasteiger partial charge in [-0.05, 0) is 54.7 Å². The minimum Gasteiger partial charge on any atom is -0.394 e. The zero-order valence-electron chi connectivity index (χ0n) is 36.3. The van der Waals surface area contributed by atoms with E-state index in [9.17, 15) is 56.8 Å². The molecule has 14 nitrogen and oxygen atoms in total. The van der Waals surface area contributed by atoms with Gasteiger partial charge >= 0.3 is 6.18 Å². The summed E-state index contributed by atoms with van der Waals surface area (Å²) in [6, 6.07) is 11.9. The fraction of sp³-hybridized carbons (Fsp3) is 0.522. The van der Waals surface area contributed by atoms with Crippen molar-refractivity contribution in [2.24, 2.45) is 11.3 Å². The average molecular weight is 951 g/mol. The molecule has 0 radical (unpaired) electrons. The van der Waals surface area contributed by atoms with Gasteiger partial charge in [-0.2, -0.15) is 13.2 Å². The first kappa shape index (κ1) is 50.5. The summed E-state index contributed by atoms with van der Waals surface area (Å²) >= 11 is 6.15. The van der Waals surface area contributed by atoms with Crippen LogP contribution < -0.4 is 20.4 Å². The maximum Gasteiger partial charge on any atom is 0.419 e. The van der Waals surface area contributed by atoms with Gasteiger partial charge in [0, 0.05) is 37.9 Å². The normalized spacial score (nSPS) is 18.5. The monoisotopic (exact) mass is 950 g/mol. The van der Waals surface area contributed by atoms with Gasteiger partial charge in [0.05, 0.1) is 45.8 Å². The second-order valence-corrected chi connectivity index (χ2v) is 17.6. The number of nitrogens with one attached hydrogen (secondary N) is 3. The molecule has 66 heavy (non-hydrogen) atoms. The van der Waals surface area contributed by atoms with E-state index in [1.165, 1.54) is 12.1 Å². The number of benzene rings is 3. The lowest BCUT2D eigenvalue weighted by molar-refractivity contribution is -0.142. The predicted octanol–water partition coefficient (Wildman–Crippen LogP) is 5.81. The second-order valence-electron chi connectivity index (χ2n) is 17.2. The molecule has 2 unspecified atom stereocenters. The van der Waals surface area contributed by atoms with Crippen LogP contribution in [-0.2, 0) is 27.1 Å². The van der Waals surface area contributed by atoms with E-state index >= 15 is 0 Å². The Bertz CT molecular complexity index is 2310. The Morgan fingerprint density at radius 2 is 1.52 bits per heavy atom. The standard InChI is InChI=1S/C46H56ClF5N6O8/c1-2-3-4-5-6-7-8-9-29(42(65)54-24-36(60)38(62)39(63)37(61)25-59)41(64)53-23-26-10-12-27(13-11-26)40-45(43(66)58(40)28-14-15-32(48)31(47)20-28)16-18-57(19-17-45)44-55-34-21-30(46(50,51)52)33(49)22-35(34)56-44/h10-15,20-22,29,36-40,59-63H,2-9,16-19,23-25H2,1H3,(H,53,64)(H,54,65)(H,55,56)/t29?,36-,37+,38+,39+,40?/m1/s1. The highest BCUT2D eigenvalue weighted by Gasteiger charge is 2.62. The maximum absolute atomic E-state index is 14.3. The molecular weight excluding hydrogens is 895 g/mol. The third-order valence-corrected chi connectivity index (χ3v) is 13.0. The lowest BCUT2D eigenvalue weighted by Crippen LogP contribution is -2.66. The van der Waals surface area contributed by atoms with Crippen LogP contribution in [0, 0.1) is 23.0 Å². The lowest BCUT2D eigenvalue weighted by atomic mass is 9.62. The van der Waals surface area contributed by atoms with Crippen LogP contribution in [0.2, 0.25) is 5.02 Å². The molecule has 3 amide bonds. The maximum atomic E-state index is 14.3. The molecule has 8 N–H and O–H groups in total. The van der Waals surface area contributed by atoms with Crippen molar-refractivity contribution >= 4 is 52.0 Å². The number of fused-ring (bicyclic) bond motifs is 1. The van der Waals surface area contributed by atoms with Crippen molar-refractivity contribution in [3.05, 3.63) is 87.9 Å². The number of amides is 3. The number of unbranched alkanes of at least 4 members (excludes halogenated alkanes) is 6. The van der Waals surface area contributed by atoms with Crippen molar-refractivity contribution in [1.29, 1.82) is 0 Å². The van der Waals surface area contributed by atoms with Gasteiger partial charge in [0.1, 0.15) is 35.9 Å². The van der Waals surface area contributed by atoms with Crippen molar-refractivity contribution in [3.63, 3.8) is 0 Å². The molecule has 4 aromatic rings. The molecule has 6 atom stereocenters. The van der Waals surface area contributed by atoms with Gasteiger partial charge in [-0.3, -0.25) is 14.4 Å². The van der Waals surface area contributed by atoms with E-state index in [0.29, 0.717) is 42.1 Å². The minimum atomic E-state index is -4.90. The van der Waals surface area contributed by atoms with Crippen LogP contribution in [0.1, 0.15) is 93.9 Å².